The summed E-state index contributed by atoms with van der Waals surface area (Å²) < 4.78 is 5.41. The molecule has 0 amide bonds. The molecule has 0 bridgehead atoms. The molecule has 1 aliphatic rings. The van der Waals surface area contributed by atoms with E-state index in [0.717, 1.165) is 32.1 Å². The Morgan fingerprint density at radius 1 is 1.29 bits per heavy atom. The maximum Gasteiger partial charge on any atom is 0.0591 e. The molecule has 0 unspecified atom stereocenters. The van der Waals surface area contributed by atoms with Crippen molar-refractivity contribution in [2.75, 3.05) is 26.3 Å². The van der Waals surface area contributed by atoms with E-state index in [-0.39, 0.29) is 0 Å². The van der Waals surface area contributed by atoms with E-state index in [0.29, 0.717) is 0 Å². The van der Waals surface area contributed by atoms with Crippen LogP contribution in [0.15, 0.2) is 12.7 Å². The van der Waals surface area contributed by atoms with Gasteiger partial charge in [-0.25, -0.2) is 0 Å². The van der Waals surface area contributed by atoms with Crippen LogP contribution in [-0.2, 0) is 4.74 Å². The normalized spacial score (nSPS) is 17.4. The van der Waals surface area contributed by atoms with Crippen LogP contribution in [0, 0.1) is 5.92 Å². The zero-order chi connectivity index (χ0) is 10.1. The molecule has 1 N–H and O–H groups in total. The Kier molecular flexibility index (Phi) is 6.71. The molecule has 0 aromatic rings. The summed E-state index contributed by atoms with van der Waals surface area (Å²) in [5.41, 5.74) is 0. The van der Waals surface area contributed by atoms with Gasteiger partial charge in [-0.1, -0.05) is 18.9 Å². The second-order valence-electron chi connectivity index (χ2n) is 4.04. The lowest BCUT2D eigenvalue weighted by atomic mass is 10.1. The largest absolute Gasteiger partial charge is 0.380 e. The van der Waals surface area contributed by atoms with Crippen molar-refractivity contribution in [3.8, 4) is 0 Å². The molecule has 0 spiro atoms. The van der Waals surface area contributed by atoms with E-state index in [2.05, 4.69) is 11.9 Å². The monoisotopic (exact) mass is 197 g/mol. The summed E-state index contributed by atoms with van der Waals surface area (Å²) in [5, 5.41) is 3.45. The van der Waals surface area contributed by atoms with E-state index in [1.807, 2.05) is 6.08 Å². The summed E-state index contributed by atoms with van der Waals surface area (Å²) in [6, 6.07) is 0. The van der Waals surface area contributed by atoms with Crippen molar-refractivity contribution < 1.29 is 4.74 Å². The second-order valence-corrected chi connectivity index (χ2v) is 4.04. The molecule has 1 saturated carbocycles. The van der Waals surface area contributed by atoms with Gasteiger partial charge in [0.1, 0.15) is 0 Å². The van der Waals surface area contributed by atoms with Gasteiger partial charge in [0.15, 0.2) is 0 Å². The molecule has 0 aromatic heterocycles. The van der Waals surface area contributed by atoms with Gasteiger partial charge >= 0.3 is 0 Å². The Labute approximate surface area is 87.7 Å². The predicted molar refractivity (Wildman–Crippen MR) is 60.5 cm³/mol. The standard InChI is InChI=1S/C12H23NO/c1-2-3-9-14-10-8-13-11-12-6-4-5-7-12/h2,12-13H,1,3-11H2. The van der Waals surface area contributed by atoms with E-state index >= 15 is 0 Å². The molecule has 0 atom stereocenters. The fourth-order valence-electron chi connectivity index (χ4n) is 1.93. The first-order valence-electron chi connectivity index (χ1n) is 5.83. The van der Waals surface area contributed by atoms with Gasteiger partial charge in [0.2, 0.25) is 0 Å². The van der Waals surface area contributed by atoms with Crippen molar-refractivity contribution in [3.63, 3.8) is 0 Å². The molecule has 0 aliphatic heterocycles. The summed E-state index contributed by atoms with van der Waals surface area (Å²) in [6.45, 7) is 7.48. The van der Waals surface area contributed by atoms with E-state index in [9.17, 15) is 0 Å². The quantitative estimate of drug-likeness (QED) is 0.476. The Morgan fingerprint density at radius 3 is 2.79 bits per heavy atom. The van der Waals surface area contributed by atoms with Crippen LogP contribution in [-0.4, -0.2) is 26.3 Å². The van der Waals surface area contributed by atoms with Crippen molar-refractivity contribution in [2.45, 2.75) is 32.1 Å². The smallest absolute Gasteiger partial charge is 0.0591 e. The van der Waals surface area contributed by atoms with Gasteiger partial charge in [-0.3, -0.25) is 0 Å². The highest BCUT2D eigenvalue weighted by Gasteiger charge is 2.13. The highest BCUT2D eigenvalue weighted by atomic mass is 16.5. The Balaban J connectivity index is 1.77. The van der Waals surface area contributed by atoms with Crippen LogP contribution in [0.5, 0.6) is 0 Å². The summed E-state index contributed by atoms with van der Waals surface area (Å²) in [4.78, 5) is 0. The minimum Gasteiger partial charge on any atom is -0.380 e. The molecule has 14 heavy (non-hydrogen) atoms. The van der Waals surface area contributed by atoms with Gasteiger partial charge in [-0.15, -0.1) is 6.58 Å². The van der Waals surface area contributed by atoms with Gasteiger partial charge in [0.05, 0.1) is 13.2 Å². The Morgan fingerprint density at radius 2 is 2.07 bits per heavy atom. The third-order valence-corrected chi connectivity index (χ3v) is 2.80. The summed E-state index contributed by atoms with van der Waals surface area (Å²) >= 11 is 0. The average Bonchev–Trinajstić information content (AvgIpc) is 2.69. The number of hydrogen-bond donors (Lipinski definition) is 1. The van der Waals surface area contributed by atoms with Gasteiger partial charge in [-0.05, 0) is 31.7 Å². The molecule has 2 nitrogen and oxygen atoms in total. The second kappa shape index (κ2) is 8.01. The number of nitrogens with one attached hydrogen (secondary N) is 1. The fraction of sp³-hybridized carbons (Fsp3) is 0.833. The van der Waals surface area contributed by atoms with Crippen LogP contribution in [0.3, 0.4) is 0 Å². The number of hydrogen-bond acceptors (Lipinski definition) is 2. The average molecular weight is 197 g/mol. The van der Waals surface area contributed by atoms with Crippen LogP contribution in [0.2, 0.25) is 0 Å². The molecular weight excluding hydrogens is 174 g/mol. The lowest BCUT2D eigenvalue weighted by Gasteiger charge is -2.10. The molecule has 2 heteroatoms. The maximum absolute atomic E-state index is 5.41. The van der Waals surface area contributed by atoms with Gasteiger partial charge in [-0.2, -0.15) is 0 Å². The highest BCUT2D eigenvalue weighted by Crippen LogP contribution is 2.23. The molecule has 0 radical (unpaired) electrons. The SMILES string of the molecule is C=CCCOCCNCC1CCCC1. The lowest BCUT2D eigenvalue weighted by molar-refractivity contribution is 0.139. The molecule has 82 valence electrons. The summed E-state index contributed by atoms with van der Waals surface area (Å²) in [5.74, 6) is 0.933. The molecular formula is C12H23NO. The predicted octanol–water partition coefficient (Wildman–Crippen LogP) is 2.36. The van der Waals surface area contributed by atoms with Crippen molar-refractivity contribution in [1.82, 2.24) is 5.32 Å². The van der Waals surface area contributed by atoms with Crippen LogP contribution < -0.4 is 5.32 Å². The Bertz CT molecular complexity index is 141. The molecule has 0 saturated heterocycles. The van der Waals surface area contributed by atoms with Crippen molar-refractivity contribution in [2.24, 2.45) is 5.92 Å². The third-order valence-electron chi connectivity index (χ3n) is 2.80. The zero-order valence-electron chi connectivity index (χ0n) is 9.13. The zero-order valence-corrected chi connectivity index (χ0v) is 9.13. The summed E-state index contributed by atoms with van der Waals surface area (Å²) in [7, 11) is 0. The Hall–Kier alpha value is -0.340. The lowest BCUT2D eigenvalue weighted by Crippen LogP contribution is -2.25. The first-order chi connectivity index (χ1) is 6.93. The van der Waals surface area contributed by atoms with Crippen LogP contribution in [0.4, 0.5) is 0 Å². The minimum atomic E-state index is 0.814. The highest BCUT2D eigenvalue weighted by molar-refractivity contribution is 4.69. The molecule has 0 aromatic carbocycles. The van der Waals surface area contributed by atoms with Crippen LogP contribution in [0.25, 0.3) is 0 Å². The van der Waals surface area contributed by atoms with Crippen molar-refractivity contribution >= 4 is 0 Å². The van der Waals surface area contributed by atoms with Crippen molar-refractivity contribution in [3.05, 3.63) is 12.7 Å². The van der Waals surface area contributed by atoms with Gasteiger partial charge in [0, 0.05) is 6.54 Å². The first kappa shape index (κ1) is 11.7. The summed E-state index contributed by atoms with van der Waals surface area (Å²) in [6.07, 6.45) is 8.56. The van der Waals surface area contributed by atoms with E-state index in [4.69, 9.17) is 4.74 Å². The minimum absolute atomic E-state index is 0.814. The number of ether oxygens (including phenoxy) is 1. The fourth-order valence-corrected chi connectivity index (χ4v) is 1.93. The van der Waals surface area contributed by atoms with Crippen molar-refractivity contribution in [1.29, 1.82) is 0 Å². The number of rotatable bonds is 8. The first-order valence-corrected chi connectivity index (χ1v) is 5.83. The van der Waals surface area contributed by atoms with Crippen LogP contribution >= 0.6 is 0 Å². The van der Waals surface area contributed by atoms with E-state index in [1.54, 1.807) is 0 Å². The molecule has 1 fully saturated rings. The van der Waals surface area contributed by atoms with Gasteiger partial charge < -0.3 is 10.1 Å². The van der Waals surface area contributed by atoms with Gasteiger partial charge in [0.25, 0.3) is 0 Å². The van der Waals surface area contributed by atoms with E-state index in [1.165, 1.54) is 32.2 Å². The molecule has 1 aliphatic carbocycles. The van der Waals surface area contributed by atoms with Crippen LogP contribution in [0.1, 0.15) is 32.1 Å². The van der Waals surface area contributed by atoms with E-state index < -0.39 is 0 Å². The maximum atomic E-state index is 5.41. The molecule has 1 rings (SSSR count). The third kappa shape index (κ3) is 5.40. The topological polar surface area (TPSA) is 21.3 Å². The molecule has 0 heterocycles.